The SMILES string of the molecule is CNCc1ccccc1COCc1ccccc1Cl. The van der Waals surface area contributed by atoms with E-state index < -0.39 is 0 Å². The van der Waals surface area contributed by atoms with Crippen LogP contribution in [0.4, 0.5) is 0 Å². The Labute approximate surface area is 119 Å². The van der Waals surface area contributed by atoms with E-state index in [-0.39, 0.29) is 0 Å². The molecule has 3 heteroatoms. The van der Waals surface area contributed by atoms with Gasteiger partial charge < -0.3 is 10.1 Å². The summed E-state index contributed by atoms with van der Waals surface area (Å²) in [6.45, 7) is 1.99. The van der Waals surface area contributed by atoms with Gasteiger partial charge in [0.15, 0.2) is 0 Å². The van der Waals surface area contributed by atoms with E-state index in [9.17, 15) is 0 Å². The summed E-state index contributed by atoms with van der Waals surface area (Å²) in [5.74, 6) is 0. The molecule has 2 aromatic rings. The lowest BCUT2D eigenvalue weighted by Crippen LogP contribution is -2.08. The molecule has 0 atom stereocenters. The van der Waals surface area contributed by atoms with Gasteiger partial charge in [-0.3, -0.25) is 0 Å². The number of nitrogens with one attached hydrogen (secondary N) is 1. The summed E-state index contributed by atoms with van der Waals surface area (Å²) >= 11 is 6.10. The third-order valence-electron chi connectivity index (χ3n) is 2.96. The van der Waals surface area contributed by atoms with Gasteiger partial charge in [-0.15, -0.1) is 0 Å². The van der Waals surface area contributed by atoms with Crippen molar-refractivity contribution >= 4 is 11.6 Å². The third-order valence-corrected chi connectivity index (χ3v) is 3.33. The zero-order valence-electron chi connectivity index (χ0n) is 11.0. The predicted molar refractivity (Wildman–Crippen MR) is 79.2 cm³/mol. The number of rotatable bonds is 6. The molecule has 0 amide bonds. The average Bonchev–Trinajstić information content (AvgIpc) is 2.43. The summed E-state index contributed by atoms with van der Waals surface area (Å²) in [4.78, 5) is 0. The van der Waals surface area contributed by atoms with Crippen molar-refractivity contribution in [2.24, 2.45) is 0 Å². The van der Waals surface area contributed by atoms with Crippen molar-refractivity contribution in [3.05, 3.63) is 70.2 Å². The van der Waals surface area contributed by atoms with Gasteiger partial charge in [0.2, 0.25) is 0 Å². The summed E-state index contributed by atoms with van der Waals surface area (Å²) < 4.78 is 5.76. The Morgan fingerprint density at radius 1 is 0.895 bits per heavy atom. The van der Waals surface area contributed by atoms with E-state index in [4.69, 9.17) is 16.3 Å². The minimum atomic E-state index is 0.535. The number of hydrogen-bond donors (Lipinski definition) is 1. The topological polar surface area (TPSA) is 21.3 Å². The van der Waals surface area contributed by atoms with Crippen LogP contribution in [0.25, 0.3) is 0 Å². The van der Waals surface area contributed by atoms with E-state index in [2.05, 4.69) is 17.4 Å². The van der Waals surface area contributed by atoms with Crippen LogP contribution < -0.4 is 5.32 Å². The van der Waals surface area contributed by atoms with Gasteiger partial charge in [-0.2, -0.15) is 0 Å². The molecule has 100 valence electrons. The fourth-order valence-corrected chi connectivity index (χ4v) is 2.14. The third kappa shape index (κ3) is 4.06. The second-order valence-corrected chi connectivity index (χ2v) is 4.79. The highest BCUT2D eigenvalue weighted by Crippen LogP contribution is 2.17. The minimum Gasteiger partial charge on any atom is -0.372 e. The summed E-state index contributed by atoms with van der Waals surface area (Å²) in [7, 11) is 1.95. The van der Waals surface area contributed by atoms with E-state index >= 15 is 0 Å². The molecular weight excluding hydrogens is 258 g/mol. The van der Waals surface area contributed by atoms with Crippen molar-refractivity contribution < 1.29 is 4.74 Å². The monoisotopic (exact) mass is 275 g/mol. The van der Waals surface area contributed by atoms with Crippen LogP contribution in [0.2, 0.25) is 5.02 Å². The first-order valence-corrected chi connectivity index (χ1v) is 6.71. The molecule has 0 radical (unpaired) electrons. The van der Waals surface area contributed by atoms with Crippen LogP contribution >= 0.6 is 11.6 Å². The largest absolute Gasteiger partial charge is 0.372 e. The molecule has 0 aliphatic carbocycles. The average molecular weight is 276 g/mol. The van der Waals surface area contributed by atoms with Crippen molar-refractivity contribution in [3.63, 3.8) is 0 Å². The van der Waals surface area contributed by atoms with Gasteiger partial charge in [-0.1, -0.05) is 54.1 Å². The molecule has 0 spiro atoms. The van der Waals surface area contributed by atoms with Crippen LogP contribution in [-0.2, 0) is 24.5 Å². The Hall–Kier alpha value is -1.35. The molecule has 0 aliphatic rings. The van der Waals surface area contributed by atoms with Crippen LogP contribution in [-0.4, -0.2) is 7.05 Å². The molecule has 0 heterocycles. The van der Waals surface area contributed by atoms with Crippen molar-refractivity contribution in [2.75, 3.05) is 7.05 Å². The summed E-state index contributed by atoms with van der Waals surface area (Å²) in [5, 5.41) is 3.92. The molecule has 0 saturated heterocycles. The van der Waals surface area contributed by atoms with E-state index in [0.717, 1.165) is 17.1 Å². The van der Waals surface area contributed by atoms with Gasteiger partial charge in [-0.25, -0.2) is 0 Å². The fraction of sp³-hybridized carbons (Fsp3) is 0.250. The normalized spacial score (nSPS) is 10.6. The first-order chi connectivity index (χ1) is 9.31. The predicted octanol–water partition coefficient (Wildman–Crippen LogP) is 3.78. The maximum atomic E-state index is 6.10. The maximum Gasteiger partial charge on any atom is 0.0735 e. The fourth-order valence-electron chi connectivity index (χ4n) is 1.95. The molecule has 2 rings (SSSR count). The highest BCUT2D eigenvalue weighted by molar-refractivity contribution is 6.31. The zero-order chi connectivity index (χ0) is 13.5. The second-order valence-electron chi connectivity index (χ2n) is 4.38. The van der Waals surface area contributed by atoms with Crippen LogP contribution in [0.5, 0.6) is 0 Å². The summed E-state index contributed by atoms with van der Waals surface area (Å²) in [5.41, 5.74) is 3.50. The molecular formula is C16H18ClNO. The maximum absolute atomic E-state index is 6.10. The highest BCUT2D eigenvalue weighted by Gasteiger charge is 2.03. The van der Waals surface area contributed by atoms with E-state index in [1.807, 2.05) is 43.4 Å². The molecule has 0 saturated carbocycles. The van der Waals surface area contributed by atoms with Crippen molar-refractivity contribution in [1.82, 2.24) is 5.32 Å². The molecule has 2 nitrogen and oxygen atoms in total. The van der Waals surface area contributed by atoms with Crippen molar-refractivity contribution in [3.8, 4) is 0 Å². The lowest BCUT2D eigenvalue weighted by Gasteiger charge is -2.10. The zero-order valence-corrected chi connectivity index (χ0v) is 11.8. The Kier molecular flexibility index (Phi) is 5.40. The van der Waals surface area contributed by atoms with Crippen LogP contribution in [0.1, 0.15) is 16.7 Å². The smallest absolute Gasteiger partial charge is 0.0735 e. The quantitative estimate of drug-likeness (QED) is 0.866. The minimum absolute atomic E-state index is 0.535. The summed E-state index contributed by atoms with van der Waals surface area (Å²) in [6, 6.07) is 16.1. The molecule has 0 aromatic heterocycles. The van der Waals surface area contributed by atoms with E-state index in [1.165, 1.54) is 11.1 Å². The van der Waals surface area contributed by atoms with E-state index in [1.54, 1.807) is 0 Å². The highest BCUT2D eigenvalue weighted by atomic mass is 35.5. The molecule has 1 N–H and O–H groups in total. The number of ether oxygens (including phenoxy) is 1. The van der Waals surface area contributed by atoms with Gasteiger partial charge in [0, 0.05) is 11.6 Å². The Morgan fingerprint density at radius 3 is 2.16 bits per heavy atom. The molecule has 0 unspecified atom stereocenters. The Morgan fingerprint density at radius 2 is 1.47 bits per heavy atom. The molecule has 0 bridgehead atoms. The first kappa shape index (κ1) is 14.1. The van der Waals surface area contributed by atoms with E-state index in [0.29, 0.717) is 13.2 Å². The Balaban J connectivity index is 1.94. The Bertz CT molecular complexity index is 528. The number of halogens is 1. The summed E-state index contributed by atoms with van der Waals surface area (Å²) in [6.07, 6.45) is 0. The molecule has 0 aliphatic heterocycles. The number of hydrogen-bond acceptors (Lipinski definition) is 2. The lowest BCUT2D eigenvalue weighted by atomic mass is 10.1. The van der Waals surface area contributed by atoms with Crippen molar-refractivity contribution in [1.29, 1.82) is 0 Å². The van der Waals surface area contributed by atoms with Gasteiger partial charge in [0.1, 0.15) is 0 Å². The molecule has 2 aromatic carbocycles. The second kappa shape index (κ2) is 7.29. The standard InChI is InChI=1S/C16H18ClNO/c1-18-10-13-6-2-3-7-14(13)11-19-12-15-8-4-5-9-16(15)17/h2-9,18H,10-12H2,1H3. The van der Waals surface area contributed by atoms with Crippen molar-refractivity contribution in [2.45, 2.75) is 19.8 Å². The molecule has 19 heavy (non-hydrogen) atoms. The number of benzene rings is 2. The first-order valence-electron chi connectivity index (χ1n) is 6.34. The van der Waals surface area contributed by atoms with Gasteiger partial charge >= 0.3 is 0 Å². The van der Waals surface area contributed by atoms with Crippen LogP contribution in [0, 0.1) is 0 Å². The van der Waals surface area contributed by atoms with Crippen LogP contribution in [0.15, 0.2) is 48.5 Å². The van der Waals surface area contributed by atoms with Crippen LogP contribution in [0.3, 0.4) is 0 Å². The van der Waals surface area contributed by atoms with Gasteiger partial charge in [0.05, 0.1) is 13.2 Å². The van der Waals surface area contributed by atoms with Gasteiger partial charge in [0.25, 0.3) is 0 Å². The molecule has 0 fully saturated rings. The lowest BCUT2D eigenvalue weighted by molar-refractivity contribution is 0.106. The van der Waals surface area contributed by atoms with Gasteiger partial charge in [-0.05, 0) is 29.8 Å².